The quantitative estimate of drug-likeness (QED) is 0.540. The van der Waals surface area contributed by atoms with Crippen LogP contribution in [0.25, 0.3) is 0 Å². The molecule has 0 rings (SSSR count). The van der Waals surface area contributed by atoms with Gasteiger partial charge in [-0.05, 0) is 0 Å². The number of halogens is 4. The molecule has 0 spiro atoms. The topological polar surface area (TPSA) is 32.3 Å². The van der Waals surface area contributed by atoms with Gasteiger partial charge in [-0.3, -0.25) is 0 Å². The Labute approximate surface area is 71.5 Å². The zero-order valence-electron chi connectivity index (χ0n) is 5.10. The molecule has 68 valence electrons. The molecule has 1 atom stereocenters. The molecule has 0 aromatic rings. The average Bonchev–Trinajstić information content (AvgIpc) is 1.83. The highest BCUT2D eigenvalue weighted by Crippen LogP contribution is 2.39. The van der Waals surface area contributed by atoms with Crippen LogP contribution >= 0.6 is 18.1 Å². The summed E-state index contributed by atoms with van der Waals surface area (Å²) < 4.78 is 38.0. The molecule has 0 aliphatic carbocycles. The third-order valence-electron chi connectivity index (χ3n) is 0.571. The Bertz CT molecular complexity index is 172. The molecule has 11 heavy (non-hydrogen) atoms. The van der Waals surface area contributed by atoms with Crippen molar-refractivity contribution in [3.05, 3.63) is 0 Å². The lowest BCUT2D eigenvalue weighted by molar-refractivity contribution is -0.202. The van der Waals surface area contributed by atoms with E-state index in [1.807, 2.05) is 0 Å². The van der Waals surface area contributed by atoms with Gasteiger partial charge in [-0.2, -0.15) is 13.2 Å². The smallest absolute Gasteiger partial charge is 0.412 e. The van der Waals surface area contributed by atoms with Crippen molar-refractivity contribution >= 4 is 29.9 Å². The van der Waals surface area contributed by atoms with E-state index in [1.165, 1.54) is 0 Å². The van der Waals surface area contributed by atoms with E-state index in [2.05, 4.69) is 16.3 Å². The summed E-state index contributed by atoms with van der Waals surface area (Å²) in [6, 6.07) is 0. The van der Waals surface area contributed by atoms with Gasteiger partial charge in [0.1, 0.15) is 6.61 Å². The first-order valence-electron chi connectivity index (χ1n) is 2.34. The van der Waals surface area contributed by atoms with E-state index in [4.69, 9.17) is 11.6 Å². The molecule has 0 saturated heterocycles. The lowest BCUT2D eigenvalue weighted by Gasteiger charge is -2.25. The predicted molar refractivity (Wildman–Crippen MR) is 37.0 cm³/mol. The van der Waals surface area contributed by atoms with Gasteiger partial charge in [-0.25, -0.2) is 0 Å². The molecule has 1 unspecified atom stereocenters. The van der Waals surface area contributed by atoms with Gasteiger partial charge in [0.05, 0.1) is 5.62 Å². The molecule has 0 aromatic heterocycles. The van der Waals surface area contributed by atoms with Crippen LogP contribution in [0.4, 0.5) is 13.2 Å². The van der Waals surface area contributed by atoms with Gasteiger partial charge in [-0.15, -0.1) is 11.6 Å². The van der Waals surface area contributed by atoms with E-state index >= 15 is 0 Å². The van der Waals surface area contributed by atoms with Gasteiger partial charge in [0.25, 0.3) is 0 Å². The highest BCUT2D eigenvalue weighted by Gasteiger charge is 2.28. The largest absolute Gasteiger partial charge is 0.800 e. The predicted octanol–water partition coefficient (Wildman–Crippen LogP) is 1.43. The van der Waals surface area contributed by atoms with Crippen LogP contribution in [-0.4, -0.2) is 18.4 Å². The zero-order valence-corrected chi connectivity index (χ0v) is 7.56. The van der Waals surface area contributed by atoms with E-state index in [1.54, 1.807) is 0 Å². The second-order valence-electron chi connectivity index (χ2n) is 1.62. The standard InChI is InChI=1S/C3H5ClF3O2PS/c4-2-10(8,11)9-1-3(5,6)7/h1-2H2,(H,8,11)/p-1. The lowest BCUT2D eigenvalue weighted by atomic mass is 10.7. The second kappa shape index (κ2) is 4.05. The minimum atomic E-state index is -4.51. The highest BCUT2D eigenvalue weighted by molar-refractivity contribution is 8.09. The fourth-order valence-electron chi connectivity index (χ4n) is 0.206. The highest BCUT2D eigenvalue weighted by atomic mass is 35.5. The number of rotatable bonds is 3. The van der Waals surface area contributed by atoms with E-state index in [0.717, 1.165) is 0 Å². The molecule has 0 amide bonds. The Morgan fingerprint density at radius 2 is 2.00 bits per heavy atom. The maximum Gasteiger partial charge on any atom is 0.412 e. The van der Waals surface area contributed by atoms with Crippen LogP contribution in [0.15, 0.2) is 0 Å². The third-order valence-corrected chi connectivity index (χ3v) is 3.46. The van der Waals surface area contributed by atoms with Gasteiger partial charge < -0.3 is 9.42 Å². The normalized spacial score (nSPS) is 17.9. The molecular formula is C3H4ClF3O2PS-. The monoisotopic (exact) mass is 227 g/mol. The third kappa shape index (κ3) is 7.03. The molecule has 0 saturated carbocycles. The van der Waals surface area contributed by atoms with E-state index in [0.29, 0.717) is 0 Å². The van der Waals surface area contributed by atoms with Crippen molar-refractivity contribution in [1.29, 1.82) is 0 Å². The Morgan fingerprint density at radius 3 is 2.27 bits per heavy atom. The van der Waals surface area contributed by atoms with Crippen molar-refractivity contribution in [1.82, 2.24) is 0 Å². The number of hydrogen-bond donors (Lipinski definition) is 0. The van der Waals surface area contributed by atoms with Gasteiger partial charge in [0.2, 0.25) is 0 Å². The Morgan fingerprint density at radius 1 is 1.55 bits per heavy atom. The van der Waals surface area contributed by atoms with Gasteiger partial charge in [0, 0.05) is 6.49 Å². The summed E-state index contributed by atoms with van der Waals surface area (Å²) in [6.45, 7) is -5.25. The molecular weight excluding hydrogens is 224 g/mol. The van der Waals surface area contributed by atoms with E-state index < -0.39 is 24.9 Å². The van der Waals surface area contributed by atoms with Crippen molar-refractivity contribution in [2.24, 2.45) is 0 Å². The van der Waals surface area contributed by atoms with Crippen molar-refractivity contribution in [2.75, 3.05) is 12.2 Å². The van der Waals surface area contributed by atoms with Gasteiger partial charge in [-0.1, -0.05) is 11.8 Å². The van der Waals surface area contributed by atoms with Crippen LogP contribution in [0.5, 0.6) is 0 Å². The van der Waals surface area contributed by atoms with Crippen LogP contribution in [0.1, 0.15) is 0 Å². The van der Waals surface area contributed by atoms with Gasteiger partial charge in [0.15, 0.2) is 0 Å². The molecule has 0 N–H and O–H groups in total. The van der Waals surface area contributed by atoms with Crippen LogP contribution in [0.2, 0.25) is 0 Å². The SMILES string of the molecule is [O-]P(=S)(CCl)OCC(F)(F)F. The van der Waals surface area contributed by atoms with Crippen LogP contribution in [0.3, 0.4) is 0 Å². The first kappa shape index (κ1) is 11.6. The summed E-state index contributed by atoms with van der Waals surface area (Å²) in [7, 11) is 0. The number of alkyl halides is 4. The zero-order chi connectivity index (χ0) is 9.12. The van der Waals surface area contributed by atoms with Crippen molar-refractivity contribution < 1.29 is 22.6 Å². The minimum absolute atomic E-state index is 0.585. The van der Waals surface area contributed by atoms with Crippen LogP contribution in [-0.2, 0) is 16.3 Å². The maximum atomic E-state index is 11.4. The van der Waals surface area contributed by atoms with Crippen molar-refractivity contribution in [2.45, 2.75) is 6.18 Å². The van der Waals surface area contributed by atoms with Crippen molar-refractivity contribution in [3.63, 3.8) is 0 Å². The molecule has 0 bridgehead atoms. The molecule has 2 nitrogen and oxygen atoms in total. The minimum Gasteiger partial charge on any atom is -0.800 e. The first-order chi connectivity index (χ1) is 4.77. The second-order valence-corrected chi connectivity index (χ2v) is 5.72. The molecule has 0 heterocycles. The summed E-state index contributed by atoms with van der Waals surface area (Å²) in [5, 5.41) is 0. The summed E-state index contributed by atoms with van der Waals surface area (Å²) in [6.07, 6.45) is -4.51. The lowest BCUT2D eigenvalue weighted by Crippen LogP contribution is -2.18. The Hall–Kier alpha value is 0.650. The fraction of sp³-hybridized carbons (Fsp3) is 1.00. The summed E-state index contributed by atoms with van der Waals surface area (Å²) in [4.78, 5) is 10.6. The van der Waals surface area contributed by atoms with Crippen LogP contribution in [0, 0.1) is 0 Å². The van der Waals surface area contributed by atoms with Gasteiger partial charge >= 0.3 is 6.18 Å². The number of hydrogen-bond acceptors (Lipinski definition) is 3. The van der Waals surface area contributed by atoms with E-state index in [9.17, 15) is 18.1 Å². The molecule has 8 heteroatoms. The Balaban J connectivity index is 3.80. The molecule has 0 aliphatic rings. The summed E-state index contributed by atoms with van der Waals surface area (Å²) in [5.41, 5.74) is -0.585. The van der Waals surface area contributed by atoms with E-state index in [-0.39, 0.29) is 0 Å². The van der Waals surface area contributed by atoms with Crippen molar-refractivity contribution in [3.8, 4) is 0 Å². The summed E-state index contributed by atoms with van der Waals surface area (Å²) >= 11 is 9.08. The maximum absolute atomic E-state index is 11.4. The molecule has 0 aliphatic heterocycles. The molecule has 0 fully saturated rings. The van der Waals surface area contributed by atoms with Crippen LogP contribution < -0.4 is 4.89 Å². The molecule has 0 aromatic carbocycles. The summed E-state index contributed by atoms with van der Waals surface area (Å²) in [5.74, 6) is 0. The first-order valence-corrected chi connectivity index (χ1v) is 5.70. The fourth-order valence-corrected chi connectivity index (χ4v) is 0.983. The molecule has 0 radical (unpaired) electrons. The Kier molecular flexibility index (Phi) is 4.29. The average molecular weight is 228 g/mol.